The van der Waals surface area contributed by atoms with Gasteiger partial charge in [-0.05, 0) is 85.7 Å². The lowest BCUT2D eigenvalue weighted by Gasteiger charge is -2.27. The minimum Gasteiger partial charge on any atom is -0.309 e. The molecule has 220 valence electrons. The first-order chi connectivity index (χ1) is 19.3. The summed E-state index contributed by atoms with van der Waals surface area (Å²) in [5.74, 6) is 0. The highest BCUT2D eigenvalue weighted by Crippen LogP contribution is 2.40. The number of aromatic nitrogens is 1. The highest BCUT2D eigenvalue weighted by molar-refractivity contribution is 6.10. The molecule has 1 aromatic heterocycles. The van der Waals surface area contributed by atoms with Gasteiger partial charge in [0.2, 0.25) is 0 Å². The van der Waals surface area contributed by atoms with Gasteiger partial charge in [0, 0.05) is 16.5 Å². The molecule has 0 aliphatic heterocycles. The largest absolute Gasteiger partial charge is 0.309 e. The lowest BCUT2D eigenvalue weighted by molar-refractivity contribution is 0.569. The van der Waals surface area contributed by atoms with Crippen LogP contribution in [0.3, 0.4) is 0 Å². The molecule has 0 bridgehead atoms. The molecule has 5 aromatic rings. The van der Waals surface area contributed by atoms with Crippen molar-refractivity contribution in [3.05, 3.63) is 101 Å². The molecule has 0 saturated carbocycles. The Kier molecular flexibility index (Phi) is 7.08. The molecule has 0 spiro atoms. The van der Waals surface area contributed by atoms with Gasteiger partial charge in [0.05, 0.1) is 11.0 Å². The predicted octanol–water partition coefficient (Wildman–Crippen LogP) is 11.9. The van der Waals surface area contributed by atoms with E-state index in [9.17, 15) is 0 Å². The fourth-order valence-corrected chi connectivity index (χ4v) is 6.04. The zero-order chi connectivity index (χ0) is 31.0. The summed E-state index contributed by atoms with van der Waals surface area (Å²) < 4.78 is 2.53. The summed E-state index contributed by atoms with van der Waals surface area (Å²) in [4.78, 5) is 0. The van der Waals surface area contributed by atoms with Crippen LogP contribution in [0.25, 0.3) is 38.6 Å². The quantitative estimate of drug-likeness (QED) is 0.203. The van der Waals surface area contributed by atoms with Gasteiger partial charge in [-0.2, -0.15) is 0 Å². The standard InChI is InChI=1S/C41H51N/c1-26-32(27-21-30(40(8,9)10)23-31(22-27)41(11,12)13)15-14-16-35(26)42-36-24-28(38(2,3)4)17-19-33(36)34-20-18-29(25-37(34)42)39(5,6)7/h14-25H,1-13H3. The first-order valence-electron chi connectivity index (χ1n) is 15.6. The van der Waals surface area contributed by atoms with E-state index in [-0.39, 0.29) is 21.7 Å². The van der Waals surface area contributed by atoms with Crippen LogP contribution in [0.2, 0.25) is 0 Å². The molecule has 0 amide bonds. The SMILES string of the molecule is Cc1c(-c2cc(C(C)(C)C)cc(C(C)(C)C)c2)cccc1-n1c2cc(C(C)(C)C)ccc2c2ccc(C(C)(C)C)cc21. The van der Waals surface area contributed by atoms with Gasteiger partial charge in [0.25, 0.3) is 0 Å². The lowest BCUT2D eigenvalue weighted by Crippen LogP contribution is -2.16. The van der Waals surface area contributed by atoms with Crippen LogP contribution in [-0.4, -0.2) is 4.57 Å². The van der Waals surface area contributed by atoms with Gasteiger partial charge in [-0.3, -0.25) is 0 Å². The van der Waals surface area contributed by atoms with Crippen molar-refractivity contribution in [1.82, 2.24) is 4.57 Å². The fraction of sp³-hybridized carbons (Fsp3) is 0.415. The molecular formula is C41H51N. The van der Waals surface area contributed by atoms with Gasteiger partial charge in [-0.15, -0.1) is 0 Å². The summed E-state index contributed by atoms with van der Waals surface area (Å²) in [6.45, 7) is 30.1. The average Bonchev–Trinajstić information content (AvgIpc) is 3.19. The Bertz CT molecular complexity index is 1690. The Morgan fingerprint density at radius 3 is 1.29 bits per heavy atom. The molecule has 4 aromatic carbocycles. The lowest BCUT2D eigenvalue weighted by atomic mass is 9.78. The molecule has 0 N–H and O–H groups in total. The Hall–Kier alpha value is -3.32. The second-order valence-electron chi connectivity index (χ2n) is 16.5. The molecule has 0 radical (unpaired) electrons. The summed E-state index contributed by atoms with van der Waals surface area (Å²) in [5.41, 5.74) is 13.5. The highest BCUT2D eigenvalue weighted by atomic mass is 15.0. The van der Waals surface area contributed by atoms with Gasteiger partial charge < -0.3 is 4.57 Å². The van der Waals surface area contributed by atoms with E-state index >= 15 is 0 Å². The van der Waals surface area contributed by atoms with Crippen LogP contribution in [0.1, 0.15) is 111 Å². The molecule has 5 rings (SSSR count). The van der Waals surface area contributed by atoms with Crippen LogP contribution in [-0.2, 0) is 21.7 Å². The van der Waals surface area contributed by atoms with E-state index in [1.165, 1.54) is 66.4 Å². The van der Waals surface area contributed by atoms with Crippen molar-refractivity contribution in [2.24, 2.45) is 0 Å². The van der Waals surface area contributed by atoms with Crippen molar-refractivity contribution < 1.29 is 0 Å². The Morgan fingerprint density at radius 2 is 0.881 bits per heavy atom. The average molecular weight is 558 g/mol. The van der Waals surface area contributed by atoms with Crippen LogP contribution < -0.4 is 0 Å². The van der Waals surface area contributed by atoms with Crippen molar-refractivity contribution in [2.75, 3.05) is 0 Å². The first-order valence-corrected chi connectivity index (χ1v) is 15.6. The van der Waals surface area contributed by atoms with Crippen LogP contribution in [0.5, 0.6) is 0 Å². The van der Waals surface area contributed by atoms with Crippen molar-refractivity contribution in [2.45, 2.75) is 112 Å². The van der Waals surface area contributed by atoms with Crippen molar-refractivity contribution in [3.63, 3.8) is 0 Å². The Labute approximate surface area is 255 Å². The van der Waals surface area contributed by atoms with E-state index in [4.69, 9.17) is 0 Å². The van der Waals surface area contributed by atoms with E-state index in [1.54, 1.807) is 0 Å². The topological polar surface area (TPSA) is 4.93 Å². The number of hydrogen-bond donors (Lipinski definition) is 0. The van der Waals surface area contributed by atoms with Gasteiger partial charge in [0.1, 0.15) is 0 Å². The minimum atomic E-state index is 0.0691. The Balaban J connectivity index is 1.86. The van der Waals surface area contributed by atoms with Crippen LogP contribution in [0.4, 0.5) is 0 Å². The third-order valence-electron chi connectivity index (χ3n) is 9.02. The van der Waals surface area contributed by atoms with Crippen LogP contribution in [0, 0.1) is 6.92 Å². The number of nitrogens with zero attached hydrogens (tertiary/aromatic N) is 1. The van der Waals surface area contributed by atoms with Crippen molar-refractivity contribution >= 4 is 21.8 Å². The molecule has 0 aliphatic carbocycles. The van der Waals surface area contributed by atoms with Crippen molar-refractivity contribution in [1.29, 1.82) is 0 Å². The predicted molar refractivity (Wildman–Crippen MR) is 186 cm³/mol. The minimum absolute atomic E-state index is 0.0691. The number of fused-ring (bicyclic) bond motifs is 3. The van der Waals surface area contributed by atoms with E-state index < -0.39 is 0 Å². The molecule has 0 aliphatic rings. The third kappa shape index (κ3) is 5.44. The van der Waals surface area contributed by atoms with Crippen molar-refractivity contribution in [3.8, 4) is 16.8 Å². The van der Waals surface area contributed by atoms with Crippen LogP contribution in [0.15, 0.2) is 72.8 Å². The number of hydrogen-bond acceptors (Lipinski definition) is 0. The first kappa shape index (κ1) is 30.1. The Morgan fingerprint density at radius 1 is 0.452 bits per heavy atom. The molecule has 1 nitrogen and oxygen atoms in total. The molecular weight excluding hydrogens is 506 g/mol. The monoisotopic (exact) mass is 557 g/mol. The molecule has 0 saturated heterocycles. The molecule has 0 atom stereocenters. The second-order valence-corrected chi connectivity index (χ2v) is 16.5. The second kappa shape index (κ2) is 9.87. The summed E-state index contributed by atoms with van der Waals surface area (Å²) in [7, 11) is 0. The van der Waals surface area contributed by atoms with Gasteiger partial charge >= 0.3 is 0 Å². The maximum atomic E-state index is 2.53. The zero-order valence-corrected chi connectivity index (χ0v) is 28.4. The van der Waals surface area contributed by atoms with E-state index in [0.29, 0.717) is 0 Å². The number of benzene rings is 4. The summed E-state index contributed by atoms with van der Waals surface area (Å²) in [6, 6.07) is 28.3. The molecule has 1 heterocycles. The van der Waals surface area contributed by atoms with Crippen LogP contribution >= 0.6 is 0 Å². The van der Waals surface area contributed by atoms with E-state index in [0.717, 1.165) is 0 Å². The van der Waals surface area contributed by atoms with Gasteiger partial charge in [-0.1, -0.05) is 138 Å². The maximum Gasteiger partial charge on any atom is 0.0544 e. The van der Waals surface area contributed by atoms with E-state index in [1.807, 2.05) is 0 Å². The molecule has 0 unspecified atom stereocenters. The normalized spacial score (nSPS) is 13.4. The van der Waals surface area contributed by atoms with Gasteiger partial charge in [0.15, 0.2) is 0 Å². The fourth-order valence-electron chi connectivity index (χ4n) is 6.04. The summed E-state index contributed by atoms with van der Waals surface area (Å²) in [6.07, 6.45) is 0. The van der Waals surface area contributed by atoms with Gasteiger partial charge in [-0.25, -0.2) is 0 Å². The third-order valence-corrected chi connectivity index (χ3v) is 9.02. The molecule has 0 fully saturated rings. The summed E-state index contributed by atoms with van der Waals surface area (Å²) >= 11 is 0. The highest BCUT2D eigenvalue weighted by Gasteiger charge is 2.24. The number of rotatable bonds is 2. The zero-order valence-electron chi connectivity index (χ0n) is 28.4. The molecule has 1 heteroatoms. The smallest absolute Gasteiger partial charge is 0.0544 e. The maximum absolute atomic E-state index is 2.53. The van der Waals surface area contributed by atoms with E-state index in [2.05, 4.69) is 167 Å². The molecule has 42 heavy (non-hydrogen) atoms. The summed E-state index contributed by atoms with van der Waals surface area (Å²) in [5, 5.41) is 2.63.